The van der Waals surface area contributed by atoms with E-state index in [1.807, 2.05) is 12.1 Å². The van der Waals surface area contributed by atoms with Crippen molar-refractivity contribution in [2.45, 2.75) is 0 Å². The number of para-hydroxylation sites is 6. The highest BCUT2D eigenvalue weighted by molar-refractivity contribution is 7.26. The molecule has 0 aliphatic carbocycles. The number of nitriles is 2. The van der Waals surface area contributed by atoms with Crippen LogP contribution in [0.25, 0.3) is 152 Å². The Morgan fingerprint density at radius 3 is 1.15 bits per heavy atom. The van der Waals surface area contributed by atoms with Crippen molar-refractivity contribution in [2.75, 3.05) is 0 Å². The summed E-state index contributed by atoms with van der Waals surface area (Å²) in [5.41, 5.74) is 15.2. The van der Waals surface area contributed by atoms with Crippen LogP contribution in [0.1, 0.15) is 11.1 Å². The Morgan fingerprint density at radius 2 is 0.654 bits per heavy atom. The van der Waals surface area contributed by atoms with E-state index in [4.69, 9.17) is 0 Å². The molecule has 17 aromatic rings. The van der Waals surface area contributed by atoms with Crippen LogP contribution in [0.3, 0.4) is 0 Å². The smallest absolute Gasteiger partial charge is 0.104 e. The number of hydrogen-bond donors (Lipinski definition) is 0. The summed E-state index contributed by atoms with van der Waals surface area (Å²) in [6.07, 6.45) is 0. The average Bonchev–Trinajstić information content (AvgIpc) is 3.34. The number of hydrogen-bond acceptors (Lipinski definition) is 3. The zero-order valence-electron chi connectivity index (χ0n) is 43.3. The Labute approximate surface area is 467 Å². The van der Waals surface area contributed by atoms with E-state index in [0.717, 1.165) is 120 Å². The number of aromatic nitrogens is 4. The molecule has 0 unspecified atom stereocenters. The lowest BCUT2D eigenvalue weighted by molar-refractivity contribution is 1.02. The van der Waals surface area contributed by atoms with Gasteiger partial charge in [0.05, 0.1) is 71.6 Å². The lowest BCUT2D eigenvalue weighted by Gasteiger charge is -2.27. The van der Waals surface area contributed by atoms with Crippen LogP contribution in [0.15, 0.2) is 255 Å². The van der Waals surface area contributed by atoms with Gasteiger partial charge in [-0.3, -0.25) is 0 Å². The molecule has 6 nitrogen and oxygen atoms in total. The Morgan fingerprint density at radius 1 is 0.272 bits per heavy atom. The highest BCUT2D eigenvalue weighted by Gasteiger charge is 2.35. The number of benzene rings is 12. The molecule has 7 heteroatoms. The lowest BCUT2D eigenvalue weighted by atomic mass is 9.92. The van der Waals surface area contributed by atoms with Gasteiger partial charge in [-0.05, 0) is 70.8 Å². The summed E-state index contributed by atoms with van der Waals surface area (Å²) in [5, 5.41) is 36.1. The molecule has 0 amide bonds. The van der Waals surface area contributed by atoms with Crippen molar-refractivity contribution in [1.82, 2.24) is 18.3 Å². The summed E-state index contributed by atoms with van der Waals surface area (Å²) >= 11 is 1.79. The first-order chi connectivity index (χ1) is 40.2. The number of nitrogens with zero attached hydrogens (tertiary/aromatic N) is 6. The van der Waals surface area contributed by atoms with Gasteiger partial charge >= 0.3 is 0 Å². The predicted octanol–water partition coefficient (Wildman–Crippen LogP) is 19.5. The summed E-state index contributed by atoms with van der Waals surface area (Å²) in [6.45, 7) is 0. The van der Waals surface area contributed by atoms with Crippen LogP contribution in [0.2, 0.25) is 0 Å². The molecule has 0 atom stereocenters. The second kappa shape index (κ2) is 17.3. The van der Waals surface area contributed by atoms with Gasteiger partial charge in [-0.25, -0.2) is 0 Å². The molecule has 0 aliphatic rings. The van der Waals surface area contributed by atoms with Gasteiger partial charge < -0.3 is 18.3 Å². The molecule has 0 bridgehead atoms. The van der Waals surface area contributed by atoms with Crippen molar-refractivity contribution in [2.24, 2.45) is 0 Å². The third-order valence-electron chi connectivity index (χ3n) is 16.9. The van der Waals surface area contributed by atoms with Crippen molar-refractivity contribution in [3.8, 4) is 57.1 Å². The molecule has 5 aromatic heterocycles. The van der Waals surface area contributed by atoms with E-state index in [-0.39, 0.29) is 0 Å². The minimum absolute atomic E-state index is 0.369. The topological polar surface area (TPSA) is 67.3 Å². The third kappa shape index (κ3) is 6.18. The largest absolute Gasteiger partial charge is 0.306 e. The summed E-state index contributed by atoms with van der Waals surface area (Å²) in [7, 11) is 0. The van der Waals surface area contributed by atoms with E-state index < -0.39 is 0 Å². The van der Waals surface area contributed by atoms with Gasteiger partial charge in [0.25, 0.3) is 0 Å². The maximum atomic E-state index is 12.7. The van der Waals surface area contributed by atoms with Crippen LogP contribution in [0.4, 0.5) is 0 Å². The van der Waals surface area contributed by atoms with E-state index in [9.17, 15) is 10.5 Å². The first-order valence-electron chi connectivity index (χ1n) is 27.2. The Balaban J connectivity index is 1.20. The molecule has 5 heterocycles. The minimum atomic E-state index is 0.369. The summed E-state index contributed by atoms with van der Waals surface area (Å²) in [4.78, 5) is 0. The molecule has 0 N–H and O–H groups in total. The van der Waals surface area contributed by atoms with Gasteiger partial charge in [0, 0.05) is 58.6 Å². The van der Waals surface area contributed by atoms with Crippen LogP contribution in [0.5, 0.6) is 0 Å². The molecule has 0 radical (unpaired) electrons. The Kier molecular flexibility index (Phi) is 9.62. The molecule has 0 spiro atoms. The number of rotatable bonds is 6. The van der Waals surface area contributed by atoms with Crippen LogP contribution >= 0.6 is 11.3 Å². The quantitative estimate of drug-likeness (QED) is 0.167. The molecule has 12 aromatic carbocycles. The zero-order valence-corrected chi connectivity index (χ0v) is 44.2. The Hall–Kier alpha value is -11.0. The molecule has 0 saturated carbocycles. The van der Waals surface area contributed by atoms with E-state index in [1.54, 1.807) is 11.3 Å². The van der Waals surface area contributed by atoms with Crippen LogP contribution < -0.4 is 0 Å². The fraction of sp³-hybridized carbons (Fsp3) is 0. The minimum Gasteiger partial charge on any atom is -0.306 e. The van der Waals surface area contributed by atoms with Gasteiger partial charge in [-0.15, -0.1) is 11.3 Å². The fourth-order valence-electron chi connectivity index (χ4n) is 13.6. The van der Waals surface area contributed by atoms with Gasteiger partial charge in [0.2, 0.25) is 0 Å². The predicted molar refractivity (Wildman–Crippen MR) is 337 cm³/mol. The third-order valence-corrected chi connectivity index (χ3v) is 18.0. The van der Waals surface area contributed by atoms with Crippen LogP contribution in [-0.4, -0.2) is 18.3 Å². The summed E-state index contributed by atoms with van der Waals surface area (Å²) < 4.78 is 11.6. The van der Waals surface area contributed by atoms with E-state index in [1.165, 1.54) is 10.1 Å². The monoisotopic (exact) mass is 1050 g/mol. The average molecular weight is 1050 g/mol. The fourth-order valence-corrected chi connectivity index (χ4v) is 14.9. The molecular weight excluding hydrogens is 1000 g/mol. The van der Waals surface area contributed by atoms with Crippen molar-refractivity contribution < 1.29 is 0 Å². The summed E-state index contributed by atoms with van der Waals surface area (Å²) in [6, 6.07) is 96.1. The molecular formula is C74H42N6S. The van der Waals surface area contributed by atoms with Crippen molar-refractivity contribution in [3.63, 3.8) is 0 Å². The van der Waals surface area contributed by atoms with Crippen molar-refractivity contribution in [3.05, 3.63) is 266 Å². The Bertz CT molecular complexity index is 5320. The summed E-state index contributed by atoms with van der Waals surface area (Å²) in [5.74, 6) is 0. The molecule has 81 heavy (non-hydrogen) atoms. The van der Waals surface area contributed by atoms with Gasteiger partial charge in [-0.1, -0.05) is 206 Å². The van der Waals surface area contributed by atoms with Crippen LogP contribution in [0, 0.1) is 22.7 Å². The van der Waals surface area contributed by atoms with Crippen molar-refractivity contribution >= 4 is 119 Å². The van der Waals surface area contributed by atoms with E-state index >= 15 is 0 Å². The lowest BCUT2D eigenvalue weighted by Crippen LogP contribution is -2.17. The number of fused-ring (bicyclic) bond motifs is 16. The molecule has 0 saturated heterocycles. The second-order valence-electron chi connectivity index (χ2n) is 20.9. The van der Waals surface area contributed by atoms with E-state index in [2.05, 4.69) is 273 Å². The number of thiophene rings is 1. The first-order valence-corrected chi connectivity index (χ1v) is 28.0. The molecule has 0 aliphatic heterocycles. The van der Waals surface area contributed by atoms with Gasteiger partial charge in [-0.2, -0.15) is 10.5 Å². The van der Waals surface area contributed by atoms with Gasteiger partial charge in [0.1, 0.15) is 23.3 Å². The molecule has 374 valence electrons. The highest BCUT2D eigenvalue weighted by atomic mass is 32.1. The highest BCUT2D eigenvalue weighted by Crippen LogP contribution is 2.52. The standard InChI is InChI=1S/C74H42N6S/c75-43-58-69(77-60-33-13-6-25-48(60)49-26-7-14-34-61(49)77)59(44-76)71(79-64-37-17-10-29-52(64)53-30-11-18-38-65(53)79)73(70(58)78-62-35-15-8-27-50(62)51-28-9-16-36-63(51)78)80-66-39-20-32-55(47-24-5-4-23-46(47)45-21-2-1-3-22-45)68(66)57-42-41-56-54-31-12-19-40-67(54)81-74(56)72(57)80/h1-42H. The zero-order chi connectivity index (χ0) is 53.4. The first kappa shape index (κ1) is 45.1. The van der Waals surface area contributed by atoms with E-state index in [0.29, 0.717) is 33.9 Å². The second-order valence-corrected chi connectivity index (χ2v) is 21.9. The SMILES string of the molecule is N#Cc1c(-n2c3ccccc3c3ccccc32)c(C#N)c(-n2c3ccccc3c3ccccc32)c(-n2c3cccc(-c4ccccc4-c4ccccc4)c3c3ccc4c5ccccc5sc4c32)c1-n1c2ccccc2c2ccccc21. The maximum absolute atomic E-state index is 12.7. The molecule has 0 fully saturated rings. The van der Waals surface area contributed by atoms with Crippen molar-refractivity contribution in [1.29, 1.82) is 10.5 Å². The van der Waals surface area contributed by atoms with Gasteiger partial charge in [0.15, 0.2) is 0 Å². The maximum Gasteiger partial charge on any atom is 0.104 e. The normalized spacial score (nSPS) is 11.9. The molecule has 17 rings (SSSR count). The van der Waals surface area contributed by atoms with Crippen LogP contribution in [-0.2, 0) is 0 Å².